The van der Waals surface area contributed by atoms with E-state index in [1.54, 1.807) is 0 Å². The maximum atomic E-state index is 2.42. The zero-order valence-electron chi connectivity index (χ0n) is 12.1. The van der Waals surface area contributed by atoms with Crippen LogP contribution in [0.4, 0.5) is 0 Å². The molecule has 0 amide bonds. The molecule has 0 bridgehead atoms. The van der Waals surface area contributed by atoms with Crippen LogP contribution in [0.3, 0.4) is 0 Å². The predicted molar refractivity (Wildman–Crippen MR) is 72.5 cm³/mol. The Kier molecular flexibility index (Phi) is 2.76. The smallest absolute Gasteiger partial charge is 0.230 e. The van der Waals surface area contributed by atoms with Gasteiger partial charge in [0.25, 0.3) is 5.82 Å². The molecule has 0 aliphatic rings. The van der Waals surface area contributed by atoms with Crippen molar-refractivity contribution in [3.8, 4) is 0 Å². The molecule has 0 spiro atoms. The maximum absolute atomic E-state index is 2.42. The van der Waals surface area contributed by atoms with Gasteiger partial charge in [-0.05, 0) is 45.7 Å². The molecule has 0 atom stereocenters. The number of rotatable bonds is 1. The molecule has 2 rings (SSSR count). The number of nitrogens with zero attached hydrogens (tertiary/aromatic N) is 2. The second kappa shape index (κ2) is 3.86. The van der Waals surface area contributed by atoms with Crippen LogP contribution in [0.5, 0.6) is 0 Å². The summed E-state index contributed by atoms with van der Waals surface area (Å²) < 4.78 is 4.75. The lowest BCUT2D eigenvalue weighted by atomic mass is 9.97. The molecule has 0 saturated carbocycles. The Morgan fingerprint density at radius 3 is 1.94 bits per heavy atom. The van der Waals surface area contributed by atoms with E-state index in [1.807, 2.05) is 0 Å². The van der Waals surface area contributed by atoms with Crippen molar-refractivity contribution in [1.29, 1.82) is 0 Å². The van der Waals surface area contributed by atoms with Crippen molar-refractivity contribution < 1.29 is 4.57 Å². The van der Waals surface area contributed by atoms with Crippen LogP contribution in [0, 0.1) is 34.6 Å². The van der Waals surface area contributed by atoms with Gasteiger partial charge < -0.3 is 0 Å². The van der Waals surface area contributed by atoms with Crippen molar-refractivity contribution in [3.05, 3.63) is 28.1 Å². The van der Waals surface area contributed by atoms with E-state index in [-0.39, 0.29) is 0 Å². The van der Waals surface area contributed by atoms with E-state index >= 15 is 0 Å². The fourth-order valence-corrected chi connectivity index (χ4v) is 2.91. The highest BCUT2D eigenvalue weighted by Gasteiger charge is 2.24. The molecule has 1 aromatic heterocycles. The predicted octanol–water partition coefficient (Wildman–Crippen LogP) is 3.03. The fraction of sp³-hybridized carbons (Fsp3) is 0.533. The molecule has 0 saturated heterocycles. The Bertz CT molecular complexity index is 604. The van der Waals surface area contributed by atoms with Crippen LogP contribution in [0.1, 0.15) is 35.0 Å². The minimum Gasteiger partial charge on any atom is -0.230 e. The zero-order valence-corrected chi connectivity index (χ0v) is 12.1. The minimum atomic E-state index is 1.03. The summed E-state index contributed by atoms with van der Waals surface area (Å²) in [7, 11) is 2.17. The number of hydrogen-bond acceptors (Lipinski definition) is 0. The fourth-order valence-electron chi connectivity index (χ4n) is 2.91. The van der Waals surface area contributed by atoms with Crippen LogP contribution >= 0.6 is 0 Å². The molecule has 1 aromatic carbocycles. The van der Waals surface area contributed by atoms with Crippen molar-refractivity contribution in [1.82, 2.24) is 4.57 Å². The van der Waals surface area contributed by atoms with Gasteiger partial charge >= 0.3 is 0 Å². The lowest BCUT2D eigenvalue weighted by molar-refractivity contribution is -0.652. The molecule has 92 valence electrons. The summed E-state index contributed by atoms with van der Waals surface area (Å²) in [5.74, 6) is 1.33. The van der Waals surface area contributed by atoms with E-state index in [2.05, 4.69) is 57.7 Å². The van der Waals surface area contributed by atoms with E-state index in [0.29, 0.717) is 0 Å². The molecule has 2 heteroatoms. The summed E-state index contributed by atoms with van der Waals surface area (Å²) in [6.45, 7) is 14.4. The number of fused-ring (bicyclic) bond motifs is 1. The Hall–Kier alpha value is -1.31. The van der Waals surface area contributed by atoms with Gasteiger partial charge in [-0.2, -0.15) is 0 Å². The Balaban J connectivity index is 3.11. The Morgan fingerprint density at radius 2 is 1.41 bits per heavy atom. The first-order valence-corrected chi connectivity index (χ1v) is 6.36. The molecular weight excluding hydrogens is 208 g/mol. The first-order chi connectivity index (χ1) is 7.91. The monoisotopic (exact) mass is 231 g/mol. The summed E-state index contributed by atoms with van der Waals surface area (Å²) >= 11 is 0. The van der Waals surface area contributed by atoms with Crippen LogP contribution in [0.2, 0.25) is 0 Å². The molecule has 0 fully saturated rings. The average Bonchev–Trinajstić information content (AvgIpc) is 2.57. The third-order valence-electron chi connectivity index (χ3n) is 4.42. The van der Waals surface area contributed by atoms with Gasteiger partial charge in [0.15, 0.2) is 11.0 Å². The highest BCUT2D eigenvalue weighted by atomic mass is 15.1. The second-order valence-corrected chi connectivity index (χ2v) is 5.05. The minimum absolute atomic E-state index is 1.03. The quantitative estimate of drug-likeness (QED) is 0.667. The van der Waals surface area contributed by atoms with Crippen LogP contribution in [0.15, 0.2) is 0 Å². The van der Waals surface area contributed by atoms with E-state index in [1.165, 1.54) is 39.1 Å². The third-order valence-corrected chi connectivity index (χ3v) is 4.42. The average molecular weight is 231 g/mol. The maximum Gasteiger partial charge on any atom is 0.254 e. The molecule has 0 radical (unpaired) electrons. The zero-order chi connectivity index (χ0) is 12.9. The summed E-state index contributed by atoms with van der Waals surface area (Å²) in [6, 6.07) is 0. The number of imidazole rings is 1. The van der Waals surface area contributed by atoms with Gasteiger partial charge in [-0.25, -0.2) is 9.13 Å². The van der Waals surface area contributed by atoms with Crippen LogP contribution < -0.4 is 4.57 Å². The lowest BCUT2D eigenvalue weighted by Crippen LogP contribution is -2.31. The summed E-state index contributed by atoms with van der Waals surface area (Å²) in [5, 5.41) is 0. The topological polar surface area (TPSA) is 8.81 Å². The van der Waals surface area contributed by atoms with Crippen LogP contribution in [-0.4, -0.2) is 4.57 Å². The van der Waals surface area contributed by atoms with Gasteiger partial charge in [-0.3, -0.25) is 0 Å². The number of aromatic nitrogens is 2. The number of benzene rings is 1. The van der Waals surface area contributed by atoms with Gasteiger partial charge in [0.05, 0.1) is 13.6 Å². The van der Waals surface area contributed by atoms with Crippen molar-refractivity contribution in [2.24, 2.45) is 7.05 Å². The number of aryl methyl sites for hydroxylation is 4. The van der Waals surface area contributed by atoms with Crippen LogP contribution in [-0.2, 0) is 13.6 Å². The second-order valence-electron chi connectivity index (χ2n) is 5.05. The van der Waals surface area contributed by atoms with Crippen LogP contribution in [0.25, 0.3) is 11.0 Å². The third kappa shape index (κ3) is 1.43. The standard InChI is InChI=1S/C15H23N2/c1-8-17-13(6)16(7)14-11(4)9(2)10(3)12(5)15(14)17/h8H2,1-7H3/q+1. The molecular formula is C15H23N2+. The largest absolute Gasteiger partial charge is 0.254 e. The molecule has 0 aliphatic carbocycles. The van der Waals surface area contributed by atoms with Gasteiger partial charge in [0, 0.05) is 18.1 Å². The van der Waals surface area contributed by atoms with E-state index < -0.39 is 0 Å². The molecule has 0 N–H and O–H groups in total. The Labute approximate surface area is 104 Å². The van der Waals surface area contributed by atoms with Crippen molar-refractivity contribution in [3.63, 3.8) is 0 Å². The first-order valence-electron chi connectivity index (χ1n) is 6.36. The molecule has 0 unspecified atom stereocenters. The molecule has 0 aliphatic heterocycles. The highest BCUT2D eigenvalue weighted by molar-refractivity contribution is 5.82. The van der Waals surface area contributed by atoms with Gasteiger partial charge in [0.1, 0.15) is 0 Å². The molecule has 1 heterocycles. The van der Waals surface area contributed by atoms with Gasteiger partial charge in [-0.1, -0.05) is 0 Å². The van der Waals surface area contributed by atoms with E-state index in [4.69, 9.17) is 0 Å². The number of hydrogen-bond donors (Lipinski definition) is 0. The summed E-state index contributed by atoms with van der Waals surface area (Å²) in [5.41, 5.74) is 8.51. The highest BCUT2D eigenvalue weighted by Crippen LogP contribution is 2.28. The first kappa shape index (κ1) is 12.2. The summed E-state index contributed by atoms with van der Waals surface area (Å²) in [4.78, 5) is 0. The van der Waals surface area contributed by atoms with E-state index in [0.717, 1.165) is 6.54 Å². The Morgan fingerprint density at radius 1 is 0.882 bits per heavy atom. The summed E-state index contributed by atoms with van der Waals surface area (Å²) in [6.07, 6.45) is 0. The lowest BCUT2D eigenvalue weighted by Gasteiger charge is -2.09. The van der Waals surface area contributed by atoms with Crippen molar-refractivity contribution in [2.45, 2.75) is 48.1 Å². The molecule has 2 aromatic rings. The van der Waals surface area contributed by atoms with Crippen molar-refractivity contribution in [2.75, 3.05) is 0 Å². The van der Waals surface area contributed by atoms with Gasteiger partial charge in [-0.15, -0.1) is 0 Å². The van der Waals surface area contributed by atoms with E-state index in [9.17, 15) is 0 Å². The van der Waals surface area contributed by atoms with Crippen molar-refractivity contribution >= 4 is 11.0 Å². The molecule has 2 nitrogen and oxygen atoms in total. The SMILES string of the molecule is CCn1c(C)[n+](C)c2c(C)c(C)c(C)c(C)c21. The van der Waals surface area contributed by atoms with Gasteiger partial charge in [0.2, 0.25) is 0 Å². The molecule has 17 heavy (non-hydrogen) atoms. The normalized spacial score (nSPS) is 11.5.